The Morgan fingerprint density at radius 3 is 2.56 bits per heavy atom. The average Bonchev–Trinajstić information content (AvgIpc) is 3.20. The highest BCUT2D eigenvalue weighted by atomic mass is 16.2. The van der Waals surface area contributed by atoms with E-state index in [0.29, 0.717) is 24.6 Å². The standard InChI is InChI=1S/C21H28N4O2/c1-14(2)19(23-20(26)17-6-4-5-15(3)13-17)21(27)25-11-8-16(9-12-25)18-7-10-22-24-18/h4-7,10,13-14,16,19H,8-9,11-12H2,1-3H3,(H,22,24)(H,23,26). The highest BCUT2D eigenvalue weighted by molar-refractivity contribution is 5.97. The minimum absolute atomic E-state index is 0.00839. The van der Waals surface area contributed by atoms with Gasteiger partial charge in [0.25, 0.3) is 5.91 Å². The Morgan fingerprint density at radius 1 is 1.22 bits per heavy atom. The maximum Gasteiger partial charge on any atom is 0.251 e. The van der Waals surface area contributed by atoms with E-state index >= 15 is 0 Å². The summed E-state index contributed by atoms with van der Waals surface area (Å²) in [6.07, 6.45) is 3.58. The molecule has 6 nitrogen and oxygen atoms in total. The van der Waals surface area contributed by atoms with Crippen LogP contribution in [0, 0.1) is 12.8 Å². The van der Waals surface area contributed by atoms with Crippen molar-refractivity contribution in [2.45, 2.75) is 45.6 Å². The van der Waals surface area contributed by atoms with E-state index in [1.807, 2.05) is 49.9 Å². The second kappa shape index (κ2) is 8.37. The lowest BCUT2D eigenvalue weighted by molar-refractivity contribution is -0.135. The molecule has 27 heavy (non-hydrogen) atoms. The molecular weight excluding hydrogens is 340 g/mol. The summed E-state index contributed by atoms with van der Waals surface area (Å²) in [7, 11) is 0. The van der Waals surface area contributed by atoms with E-state index in [9.17, 15) is 9.59 Å². The first-order valence-corrected chi connectivity index (χ1v) is 9.61. The van der Waals surface area contributed by atoms with Gasteiger partial charge in [0, 0.05) is 36.5 Å². The van der Waals surface area contributed by atoms with Crippen LogP contribution in [0.2, 0.25) is 0 Å². The largest absolute Gasteiger partial charge is 0.341 e. The van der Waals surface area contributed by atoms with Gasteiger partial charge in [-0.1, -0.05) is 31.5 Å². The van der Waals surface area contributed by atoms with Crippen molar-refractivity contribution in [1.82, 2.24) is 20.4 Å². The smallest absolute Gasteiger partial charge is 0.251 e. The zero-order valence-corrected chi connectivity index (χ0v) is 16.2. The summed E-state index contributed by atoms with van der Waals surface area (Å²) < 4.78 is 0. The molecule has 1 aliphatic rings. The molecule has 1 atom stereocenters. The molecule has 2 N–H and O–H groups in total. The van der Waals surface area contributed by atoms with Crippen molar-refractivity contribution in [2.24, 2.45) is 5.92 Å². The van der Waals surface area contributed by atoms with Gasteiger partial charge in [0.15, 0.2) is 0 Å². The number of benzene rings is 1. The summed E-state index contributed by atoms with van der Waals surface area (Å²) in [6, 6.07) is 8.91. The number of nitrogens with one attached hydrogen (secondary N) is 2. The van der Waals surface area contributed by atoms with Crippen molar-refractivity contribution in [3.8, 4) is 0 Å². The minimum atomic E-state index is -0.512. The number of rotatable bonds is 5. The Kier molecular flexibility index (Phi) is 5.94. The van der Waals surface area contributed by atoms with Crippen LogP contribution < -0.4 is 5.32 Å². The van der Waals surface area contributed by atoms with E-state index < -0.39 is 6.04 Å². The SMILES string of the molecule is Cc1cccc(C(=O)NC(C(=O)N2CCC(c3ccn[nH]3)CC2)C(C)C)c1. The molecule has 2 heterocycles. The number of aromatic nitrogens is 2. The van der Waals surface area contributed by atoms with Crippen molar-refractivity contribution in [3.05, 3.63) is 53.3 Å². The van der Waals surface area contributed by atoms with E-state index in [1.54, 1.807) is 12.3 Å². The Hall–Kier alpha value is -2.63. The van der Waals surface area contributed by atoms with Crippen molar-refractivity contribution in [1.29, 1.82) is 0 Å². The fraction of sp³-hybridized carbons (Fsp3) is 0.476. The third-order valence-corrected chi connectivity index (χ3v) is 5.27. The lowest BCUT2D eigenvalue weighted by atomic mass is 9.92. The second-order valence-corrected chi connectivity index (χ2v) is 7.68. The third kappa shape index (κ3) is 4.56. The molecule has 0 spiro atoms. The van der Waals surface area contributed by atoms with Crippen LogP contribution in [0.3, 0.4) is 0 Å². The van der Waals surface area contributed by atoms with E-state index in [4.69, 9.17) is 0 Å². The maximum atomic E-state index is 13.1. The van der Waals surface area contributed by atoms with Gasteiger partial charge in [0.2, 0.25) is 5.91 Å². The van der Waals surface area contributed by atoms with Crippen LogP contribution in [0.1, 0.15) is 54.2 Å². The van der Waals surface area contributed by atoms with E-state index in [0.717, 1.165) is 24.1 Å². The number of carbonyl (C=O) groups is 2. The summed E-state index contributed by atoms with van der Waals surface area (Å²) in [5, 5.41) is 10.00. The number of piperidine rings is 1. The molecule has 1 unspecified atom stereocenters. The van der Waals surface area contributed by atoms with Crippen LogP contribution >= 0.6 is 0 Å². The number of hydrogen-bond donors (Lipinski definition) is 2. The highest BCUT2D eigenvalue weighted by Gasteiger charge is 2.32. The first kappa shape index (κ1) is 19.1. The Bertz CT molecular complexity index is 777. The molecule has 1 aliphatic heterocycles. The fourth-order valence-corrected chi connectivity index (χ4v) is 3.63. The predicted molar refractivity (Wildman–Crippen MR) is 104 cm³/mol. The van der Waals surface area contributed by atoms with Crippen LogP contribution in [0.25, 0.3) is 0 Å². The predicted octanol–water partition coefficient (Wildman–Crippen LogP) is 2.88. The van der Waals surface area contributed by atoms with Gasteiger partial charge in [-0.3, -0.25) is 14.7 Å². The molecule has 1 aromatic carbocycles. The molecule has 0 radical (unpaired) electrons. The third-order valence-electron chi connectivity index (χ3n) is 5.27. The van der Waals surface area contributed by atoms with Gasteiger partial charge in [-0.25, -0.2) is 0 Å². The number of aryl methyl sites for hydroxylation is 1. The van der Waals surface area contributed by atoms with Crippen molar-refractivity contribution in [2.75, 3.05) is 13.1 Å². The summed E-state index contributed by atoms with van der Waals surface area (Å²) in [4.78, 5) is 27.6. The first-order valence-electron chi connectivity index (χ1n) is 9.61. The molecule has 144 valence electrons. The molecule has 0 bridgehead atoms. The van der Waals surface area contributed by atoms with Crippen LogP contribution in [0.4, 0.5) is 0 Å². The zero-order valence-electron chi connectivity index (χ0n) is 16.2. The monoisotopic (exact) mass is 368 g/mol. The minimum Gasteiger partial charge on any atom is -0.341 e. The Labute approximate surface area is 160 Å². The van der Waals surface area contributed by atoms with Crippen LogP contribution in [-0.4, -0.2) is 46.0 Å². The van der Waals surface area contributed by atoms with Crippen LogP contribution in [0.5, 0.6) is 0 Å². The molecule has 6 heteroatoms. The molecule has 1 aromatic heterocycles. The van der Waals surface area contributed by atoms with E-state index in [-0.39, 0.29) is 17.7 Å². The molecule has 0 saturated carbocycles. The summed E-state index contributed by atoms with van der Waals surface area (Å²) >= 11 is 0. The normalized spacial score (nSPS) is 16.4. The molecular formula is C21H28N4O2. The Morgan fingerprint density at radius 2 is 1.96 bits per heavy atom. The molecule has 2 amide bonds. The Balaban J connectivity index is 1.63. The van der Waals surface area contributed by atoms with Gasteiger partial charge in [0.1, 0.15) is 6.04 Å². The summed E-state index contributed by atoms with van der Waals surface area (Å²) in [5.74, 6) is 0.250. The number of H-pyrrole nitrogens is 1. The van der Waals surface area contributed by atoms with Gasteiger partial charge in [-0.2, -0.15) is 5.10 Å². The molecule has 2 aromatic rings. The lowest BCUT2D eigenvalue weighted by Gasteiger charge is -2.35. The quantitative estimate of drug-likeness (QED) is 0.852. The molecule has 1 saturated heterocycles. The van der Waals surface area contributed by atoms with Crippen molar-refractivity contribution in [3.63, 3.8) is 0 Å². The highest BCUT2D eigenvalue weighted by Crippen LogP contribution is 2.27. The molecule has 1 fully saturated rings. The second-order valence-electron chi connectivity index (χ2n) is 7.68. The summed E-state index contributed by atoms with van der Waals surface area (Å²) in [6.45, 7) is 7.29. The van der Waals surface area contributed by atoms with Gasteiger partial charge >= 0.3 is 0 Å². The molecule has 0 aliphatic carbocycles. The number of likely N-dealkylation sites (tertiary alicyclic amines) is 1. The number of nitrogens with zero attached hydrogens (tertiary/aromatic N) is 2. The zero-order chi connectivity index (χ0) is 19.4. The van der Waals surface area contributed by atoms with Crippen LogP contribution in [-0.2, 0) is 4.79 Å². The number of aromatic amines is 1. The van der Waals surface area contributed by atoms with Crippen molar-refractivity contribution >= 4 is 11.8 Å². The van der Waals surface area contributed by atoms with Gasteiger partial charge in [0.05, 0.1) is 0 Å². The van der Waals surface area contributed by atoms with E-state index in [1.165, 1.54) is 0 Å². The van der Waals surface area contributed by atoms with Crippen molar-refractivity contribution < 1.29 is 9.59 Å². The molecule has 3 rings (SSSR count). The first-order chi connectivity index (χ1) is 13.0. The van der Waals surface area contributed by atoms with Gasteiger partial charge in [-0.05, 0) is 43.9 Å². The average molecular weight is 368 g/mol. The number of hydrogen-bond acceptors (Lipinski definition) is 3. The number of carbonyl (C=O) groups excluding carboxylic acids is 2. The van der Waals surface area contributed by atoms with Gasteiger partial charge in [-0.15, -0.1) is 0 Å². The van der Waals surface area contributed by atoms with Gasteiger partial charge < -0.3 is 10.2 Å². The lowest BCUT2D eigenvalue weighted by Crippen LogP contribution is -2.52. The summed E-state index contributed by atoms with van der Waals surface area (Å²) in [5.41, 5.74) is 2.75. The van der Waals surface area contributed by atoms with E-state index in [2.05, 4.69) is 15.5 Å². The number of amides is 2. The topological polar surface area (TPSA) is 78.1 Å². The maximum absolute atomic E-state index is 13.1. The fourth-order valence-electron chi connectivity index (χ4n) is 3.63. The van der Waals surface area contributed by atoms with Crippen LogP contribution in [0.15, 0.2) is 36.5 Å².